The van der Waals surface area contributed by atoms with Crippen molar-refractivity contribution >= 4 is 11.6 Å². The number of nitrogens with zero attached hydrogens (tertiary/aromatic N) is 3. The lowest BCUT2D eigenvalue weighted by atomic mass is 9.99. The van der Waals surface area contributed by atoms with E-state index in [0.29, 0.717) is 11.1 Å². The number of hydrogen-bond donors (Lipinski definition) is 1. The molecule has 1 saturated heterocycles. The van der Waals surface area contributed by atoms with Gasteiger partial charge in [0.2, 0.25) is 0 Å². The number of likely N-dealkylation sites (tertiary alicyclic amines) is 1. The van der Waals surface area contributed by atoms with Crippen LogP contribution in [0.4, 0.5) is 0 Å². The second-order valence-electron chi connectivity index (χ2n) is 4.22. The maximum absolute atomic E-state index is 9.15. The molecule has 2 rings (SSSR count). The predicted molar refractivity (Wildman–Crippen MR) is 62.1 cm³/mol. The smallest absolute Gasteiger partial charge is 0.151 e. The summed E-state index contributed by atoms with van der Waals surface area (Å²) in [6, 6.07) is 0. The molecule has 1 fully saturated rings. The van der Waals surface area contributed by atoms with Gasteiger partial charge in [0.05, 0.1) is 5.69 Å². The van der Waals surface area contributed by atoms with Crippen LogP contribution in [0.25, 0.3) is 0 Å². The first kappa shape index (κ1) is 11.8. The average molecular weight is 242 g/mol. The van der Waals surface area contributed by atoms with E-state index in [4.69, 9.17) is 16.7 Å². The lowest BCUT2D eigenvalue weighted by Gasteiger charge is -2.31. The van der Waals surface area contributed by atoms with Gasteiger partial charge in [0.15, 0.2) is 5.15 Å². The van der Waals surface area contributed by atoms with E-state index in [1.165, 1.54) is 0 Å². The van der Waals surface area contributed by atoms with Gasteiger partial charge in [0, 0.05) is 32.1 Å². The molecule has 1 atom stereocenters. The van der Waals surface area contributed by atoms with Crippen molar-refractivity contribution in [1.29, 1.82) is 0 Å². The largest absolute Gasteiger partial charge is 0.396 e. The van der Waals surface area contributed by atoms with Crippen LogP contribution in [0.2, 0.25) is 5.15 Å². The Labute approximate surface area is 100 Å². The van der Waals surface area contributed by atoms with Crippen LogP contribution in [0.5, 0.6) is 0 Å². The van der Waals surface area contributed by atoms with E-state index in [1.54, 1.807) is 12.4 Å². The fourth-order valence-electron chi connectivity index (χ4n) is 2.11. The Morgan fingerprint density at radius 2 is 2.25 bits per heavy atom. The third kappa shape index (κ3) is 2.90. The van der Waals surface area contributed by atoms with Crippen LogP contribution < -0.4 is 0 Å². The Kier molecular flexibility index (Phi) is 4.09. The maximum Gasteiger partial charge on any atom is 0.151 e. The third-order valence-electron chi connectivity index (χ3n) is 2.96. The van der Waals surface area contributed by atoms with Crippen molar-refractivity contribution < 1.29 is 5.11 Å². The maximum atomic E-state index is 9.15. The van der Waals surface area contributed by atoms with Gasteiger partial charge in [-0.05, 0) is 25.3 Å². The molecule has 16 heavy (non-hydrogen) atoms. The lowest BCUT2D eigenvalue weighted by Crippen LogP contribution is -2.36. The number of hydrogen-bond acceptors (Lipinski definition) is 4. The number of rotatable bonds is 3. The first-order valence-electron chi connectivity index (χ1n) is 5.58. The van der Waals surface area contributed by atoms with E-state index in [1.807, 2.05) is 0 Å². The van der Waals surface area contributed by atoms with Crippen LogP contribution in [-0.4, -0.2) is 39.7 Å². The average Bonchev–Trinajstić information content (AvgIpc) is 2.32. The molecule has 1 aromatic heterocycles. The van der Waals surface area contributed by atoms with Crippen molar-refractivity contribution in [3.8, 4) is 0 Å². The molecular weight excluding hydrogens is 226 g/mol. The van der Waals surface area contributed by atoms with Gasteiger partial charge >= 0.3 is 0 Å². The predicted octanol–water partition coefficient (Wildman–Crippen LogP) is 1.33. The molecule has 88 valence electrons. The number of aromatic nitrogens is 2. The second kappa shape index (κ2) is 5.57. The highest BCUT2D eigenvalue weighted by atomic mass is 35.5. The van der Waals surface area contributed by atoms with E-state index >= 15 is 0 Å². The van der Waals surface area contributed by atoms with Crippen LogP contribution in [-0.2, 0) is 6.54 Å². The topological polar surface area (TPSA) is 49.2 Å². The second-order valence-corrected chi connectivity index (χ2v) is 4.58. The van der Waals surface area contributed by atoms with Crippen molar-refractivity contribution in [3.63, 3.8) is 0 Å². The summed E-state index contributed by atoms with van der Waals surface area (Å²) in [4.78, 5) is 10.5. The van der Waals surface area contributed by atoms with Crippen molar-refractivity contribution in [2.45, 2.75) is 19.4 Å². The molecule has 1 N–H and O–H groups in total. The SMILES string of the molecule is OC[C@@H]1CCCN(Cc2nccnc2Cl)C1. The molecule has 1 aliphatic heterocycles. The fraction of sp³-hybridized carbons (Fsp3) is 0.636. The summed E-state index contributed by atoms with van der Waals surface area (Å²) in [7, 11) is 0. The number of halogens is 1. The Bertz CT molecular complexity index is 348. The summed E-state index contributed by atoms with van der Waals surface area (Å²) in [5.74, 6) is 0.393. The van der Waals surface area contributed by atoms with Gasteiger partial charge < -0.3 is 5.11 Å². The fourth-order valence-corrected chi connectivity index (χ4v) is 2.28. The summed E-state index contributed by atoms with van der Waals surface area (Å²) in [6.07, 6.45) is 5.50. The molecule has 0 radical (unpaired) electrons. The molecular formula is C11H16ClN3O. The van der Waals surface area contributed by atoms with Crippen molar-refractivity contribution in [2.75, 3.05) is 19.7 Å². The highest BCUT2D eigenvalue weighted by Crippen LogP contribution is 2.19. The quantitative estimate of drug-likeness (QED) is 0.868. The van der Waals surface area contributed by atoms with Crippen LogP contribution in [0.3, 0.4) is 0 Å². The zero-order valence-electron chi connectivity index (χ0n) is 9.14. The summed E-state index contributed by atoms with van der Waals surface area (Å²) >= 11 is 5.96. The highest BCUT2D eigenvalue weighted by Gasteiger charge is 2.20. The van der Waals surface area contributed by atoms with E-state index < -0.39 is 0 Å². The molecule has 0 aliphatic carbocycles. The summed E-state index contributed by atoms with van der Waals surface area (Å²) in [6.45, 7) is 2.96. The third-order valence-corrected chi connectivity index (χ3v) is 3.27. The summed E-state index contributed by atoms with van der Waals surface area (Å²) in [5.41, 5.74) is 0.822. The molecule has 0 amide bonds. The molecule has 2 heterocycles. The Morgan fingerprint density at radius 1 is 1.44 bits per heavy atom. The van der Waals surface area contributed by atoms with E-state index in [0.717, 1.165) is 38.2 Å². The van der Waals surface area contributed by atoms with Crippen LogP contribution in [0.1, 0.15) is 18.5 Å². The Balaban J connectivity index is 1.97. The standard InChI is InChI=1S/C11H16ClN3O/c12-11-10(13-3-4-14-11)7-15-5-1-2-9(6-15)8-16/h3-4,9,16H,1-2,5-8H2/t9-/m1/s1. The first-order valence-corrected chi connectivity index (χ1v) is 5.96. The number of piperidine rings is 1. The number of aliphatic hydroxyl groups is 1. The minimum absolute atomic E-state index is 0.269. The lowest BCUT2D eigenvalue weighted by molar-refractivity contribution is 0.115. The van der Waals surface area contributed by atoms with Gasteiger partial charge in [0.25, 0.3) is 0 Å². The van der Waals surface area contributed by atoms with Gasteiger partial charge in [-0.1, -0.05) is 11.6 Å². The Morgan fingerprint density at radius 3 is 3.00 bits per heavy atom. The molecule has 1 aromatic rings. The van der Waals surface area contributed by atoms with E-state index in [-0.39, 0.29) is 6.61 Å². The van der Waals surface area contributed by atoms with Gasteiger partial charge in [-0.15, -0.1) is 0 Å². The van der Waals surface area contributed by atoms with Gasteiger partial charge in [0.1, 0.15) is 0 Å². The summed E-state index contributed by atoms with van der Waals surface area (Å²) in [5, 5.41) is 9.63. The minimum atomic E-state index is 0.269. The molecule has 0 spiro atoms. The van der Waals surface area contributed by atoms with Crippen molar-refractivity contribution in [2.24, 2.45) is 5.92 Å². The van der Waals surface area contributed by atoms with Crippen LogP contribution in [0, 0.1) is 5.92 Å². The molecule has 0 aromatic carbocycles. The van der Waals surface area contributed by atoms with Gasteiger partial charge in [-0.3, -0.25) is 9.88 Å². The molecule has 0 saturated carbocycles. The zero-order valence-corrected chi connectivity index (χ0v) is 9.90. The van der Waals surface area contributed by atoms with Gasteiger partial charge in [-0.25, -0.2) is 4.98 Å². The normalized spacial score (nSPS) is 22.2. The number of aliphatic hydroxyl groups excluding tert-OH is 1. The monoisotopic (exact) mass is 241 g/mol. The first-order chi connectivity index (χ1) is 7.79. The van der Waals surface area contributed by atoms with E-state index in [2.05, 4.69) is 14.9 Å². The Hall–Kier alpha value is -0.710. The van der Waals surface area contributed by atoms with Crippen molar-refractivity contribution in [1.82, 2.24) is 14.9 Å². The van der Waals surface area contributed by atoms with Crippen LogP contribution in [0.15, 0.2) is 12.4 Å². The zero-order chi connectivity index (χ0) is 11.4. The highest BCUT2D eigenvalue weighted by molar-refractivity contribution is 6.29. The minimum Gasteiger partial charge on any atom is -0.396 e. The summed E-state index contributed by atoms with van der Waals surface area (Å²) < 4.78 is 0. The molecule has 0 unspecified atom stereocenters. The van der Waals surface area contributed by atoms with E-state index in [9.17, 15) is 0 Å². The van der Waals surface area contributed by atoms with Gasteiger partial charge in [-0.2, -0.15) is 0 Å². The molecule has 1 aliphatic rings. The van der Waals surface area contributed by atoms with Crippen molar-refractivity contribution in [3.05, 3.63) is 23.2 Å². The molecule has 0 bridgehead atoms. The molecule has 4 nitrogen and oxygen atoms in total. The van der Waals surface area contributed by atoms with Crippen LogP contribution >= 0.6 is 11.6 Å². The molecule has 5 heteroatoms.